The average Bonchev–Trinajstić information content (AvgIpc) is 2.61. The Bertz CT molecular complexity index is 927. The van der Waals surface area contributed by atoms with Crippen molar-refractivity contribution in [1.29, 1.82) is 0 Å². The van der Waals surface area contributed by atoms with Crippen molar-refractivity contribution in [1.82, 2.24) is 20.2 Å². The summed E-state index contributed by atoms with van der Waals surface area (Å²) < 4.78 is 1.42. The van der Waals surface area contributed by atoms with Gasteiger partial charge in [0.15, 0.2) is 5.16 Å². The smallest absolute Gasteiger partial charge is 0.321 e. The zero-order valence-electron chi connectivity index (χ0n) is 15.1. The summed E-state index contributed by atoms with van der Waals surface area (Å²) >= 11 is 7.04. The number of nitrogens with one attached hydrogen (secondary N) is 2. The largest absolute Gasteiger partial charge is 0.338 e. The number of halogens is 1. The third-order valence-corrected chi connectivity index (χ3v) is 4.66. The normalized spacial score (nSPS) is 10.8. The fourth-order valence-corrected chi connectivity index (χ4v) is 3.19. The van der Waals surface area contributed by atoms with Crippen LogP contribution in [0.2, 0.25) is 5.02 Å². The minimum Gasteiger partial charge on any atom is -0.338 e. The molecule has 1 aromatic heterocycles. The molecule has 3 amide bonds. The molecule has 0 aliphatic carbocycles. The number of fused-ring (bicyclic) bond motifs is 1. The molecule has 2 rings (SSSR count). The molecule has 9 heteroatoms. The van der Waals surface area contributed by atoms with Crippen LogP contribution in [0, 0.1) is 5.92 Å². The monoisotopic (exact) mass is 408 g/mol. The second-order valence-corrected chi connectivity index (χ2v) is 7.58. The number of urea groups is 1. The molecule has 0 aliphatic heterocycles. The molecule has 1 heterocycles. The molecule has 0 aliphatic rings. The molecule has 2 N–H and O–H groups in total. The highest BCUT2D eigenvalue weighted by Gasteiger charge is 2.14. The Morgan fingerprint density at radius 3 is 2.81 bits per heavy atom. The molecule has 2 aromatic rings. The van der Waals surface area contributed by atoms with Crippen LogP contribution in [0.25, 0.3) is 10.9 Å². The van der Waals surface area contributed by atoms with Crippen molar-refractivity contribution in [2.75, 3.05) is 12.3 Å². The number of nitrogens with zero attached hydrogens (tertiary/aromatic N) is 2. The van der Waals surface area contributed by atoms with Gasteiger partial charge in [-0.15, -0.1) is 6.58 Å². The van der Waals surface area contributed by atoms with Gasteiger partial charge in [0.2, 0.25) is 5.91 Å². The minimum absolute atomic E-state index is 0.0578. The minimum atomic E-state index is -0.543. The number of imide groups is 1. The van der Waals surface area contributed by atoms with Gasteiger partial charge in [-0.1, -0.05) is 43.3 Å². The van der Waals surface area contributed by atoms with Gasteiger partial charge in [0.05, 0.1) is 16.7 Å². The summed E-state index contributed by atoms with van der Waals surface area (Å²) in [4.78, 5) is 40.8. The molecule has 144 valence electrons. The Kier molecular flexibility index (Phi) is 7.44. The summed E-state index contributed by atoms with van der Waals surface area (Å²) in [5, 5.41) is 6.06. The molecule has 0 saturated heterocycles. The van der Waals surface area contributed by atoms with E-state index in [1.807, 2.05) is 13.8 Å². The van der Waals surface area contributed by atoms with Crippen molar-refractivity contribution >= 4 is 46.2 Å². The van der Waals surface area contributed by atoms with Gasteiger partial charge in [-0.3, -0.25) is 19.5 Å². The van der Waals surface area contributed by atoms with E-state index in [0.717, 1.165) is 11.8 Å². The number of allylic oxidation sites excluding steroid dienone is 1. The fourth-order valence-electron chi connectivity index (χ4n) is 2.21. The summed E-state index contributed by atoms with van der Waals surface area (Å²) in [6.45, 7) is 8.27. The van der Waals surface area contributed by atoms with E-state index in [2.05, 4.69) is 22.2 Å². The molecule has 0 atom stereocenters. The van der Waals surface area contributed by atoms with E-state index < -0.39 is 11.9 Å². The summed E-state index contributed by atoms with van der Waals surface area (Å²) in [7, 11) is 0. The van der Waals surface area contributed by atoms with Gasteiger partial charge in [0.25, 0.3) is 5.56 Å². The van der Waals surface area contributed by atoms with E-state index in [4.69, 9.17) is 11.6 Å². The molecule has 7 nitrogen and oxygen atoms in total. The van der Waals surface area contributed by atoms with Crippen LogP contribution < -0.4 is 16.2 Å². The number of carbonyl (C=O) groups is 2. The molecule has 0 spiro atoms. The molecule has 0 saturated carbocycles. The first-order chi connectivity index (χ1) is 12.8. The molecule has 1 aromatic carbocycles. The van der Waals surface area contributed by atoms with Crippen LogP contribution in [0.5, 0.6) is 0 Å². The van der Waals surface area contributed by atoms with Crippen LogP contribution in [-0.4, -0.2) is 33.8 Å². The van der Waals surface area contributed by atoms with Gasteiger partial charge in [-0.25, -0.2) is 9.78 Å². The number of amides is 3. The number of hydrogen-bond donors (Lipinski definition) is 2. The molecule has 0 bridgehead atoms. The third-order valence-electron chi connectivity index (χ3n) is 3.45. The van der Waals surface area contributed by atoms with Crippen LogP contribution in [-0.2, 0) is 11.3 Å². The van der Waals surface area contributed by atoms with Gasteiger partial charge >= 0.3 is 6.03 Å². The van der Waals surface area contributed by atoms with E-state index in [0.29, 0.717) is 27.6 Å². The standard InChI is InChI=1S/C18H21ClN4O3S/c1-4-7-23-16(25)13-8-12(19)5-6-14(13)21-18(23)27-10-15(24)22-17(26)20-9-11(2)3/h4-6,8,11H,1,7,9-10H2,2-3H3,(H2,20,22,24,26). The van der Waals surface area contributed by atoms with Gasteiger partial charge < -0.3 is 5.32 Å². The van der Waals surface area contributed by atoms with Gasteiger partial charge in [-0.05, 0) is 24.1 Å². The first-order valence-electron chi connectivity index (χ1n) is 8.33. The maximum atomic E-state index is 12.7. The van der Waals surface area contributed by atoms with E-state index in [1.165, 1.54) is 4.57 Å². The van der Waals surface area contributed by atoms with Crippen LogP contribution in [0.15, 0.2) is 40.8 Å². The van der Waals surface area contributed by atoms with Crippen molar-refractivity contribution < 1.29 is 9.59 Å². The van der Waals surface area contributed by atoms with Gasteiger partial charge in [0, 0.05) is 18.1 Å². The fraction of sp³-hybridized carbons (Fsp3) is 0.333. The first-order valence-corrected chi connectivity index (χ1v) is 9.69. The molecule has 27 heavy (non-hydrogen) atoms. The number of thioether (sulfide) groups is 1. The van der Waals surface area contributed by atoms with E-state index in [9.17, 15) is 14.4 Å². The Morgan fingerprint density at radius 2 is 2.15 bits per heavy atom. The number of carbonyl (C=O) groups excluding carboxylic acids is 2. The average molecular weight is 409 g/mol. The molecule has 0 radical (unpaired) electrons. The van der Waals surface area contributed by atoms with Crippen molar-refractivity contribution in [2.45, 2.75) is 25.5 Å². The highest BCUT2D eigenvalue weighted by Crippen LogP contribution is 2.20. The summed E-state index contributed by atoms with van der Waals surface area (Å²) in [5.41, 5.74) is 0.224. The second kappa shape index (κ2) is 9.57. The first kappa shape index (κ1) is 21.0. The zero-order chi connectivity index (χ0) is 20.0. The molecule has 0 unspecified atom stereocenters. The highest BCUT2D eigenvalue weighted by atomic mass is 35.5. The number of benzene rings is 1. The summed E-state index contributed by atoms with van der Waals surface area (Å²) in [5.74, 6) is -0.252. The lowest BCUT2D eigenvalue weighted by atomic mass is 10.2. The quantitative estimate of drug-likeness (QED) is 0.417. The number of aromatic nitrogens is 2. The van der Waals surface area contributed by atoms with Crippen LogP contribution in [0.4, 0.5) is 4.79 Å². The van der Waals surface area contributed by atoms with Gasteiger partial charge in [-0.2, -0.15) is 0 Å². The zero-order valence-corrected chi connectivity index (χ0v) is 16.7. The Hall–Kier alpha value is -2.32. The SMILES string of the molecule is C=CCn1c(SCC(=O)NC(=O)NCC(C)C)nc2ccc(Cl)cc2c1=O. The van der Waals surface area contributed by atoms with Crippen molar-refractivity contribution in [3.8, 4) is 0 Å². The highest BCUT2D eigenvalue weighted by molar-refractivity contribution is 7.99. The molecular weight excluding hydrogens is 388 g/mol. The predicted molar refractivity (Wildman–Crippen MR) is 108 cm³/mol. The lowest BCUT2D eigenvalue weighted by Gasteiger charge is -2.12. The lowest BCUT2D eigenvalue weighted by Crippen LogP contribution is -2.41. The Morgan fingerprint density at radius 1 is 1.41 bits per heavy atom. The van der Waals surface area contributed by atoms with E-state index in [1.54, 1.807) is 24.3 Å². The van der Waals surface area contributed by atoms with Crippen LogP contribution >= 0.6 is 23.4 Å². The third kappa shape index (κ3) is 5.83. The Balaban J connectivity index is 2.15. The van der Waals surface area contributed by atoms with Crippen LogP contribution in [0.3, 0.4) is 0 Å². The van der Waals surface area contributed by atoms with E-state index in [-0.39, 0.29) is 23.8 Å². The second-order valence-electron chi connectivity index (χ2n) is 6.20. The topological polar surface area (TPSA) is 93.1 Å². The van der Waals surface area contributed by atoms with Crippen molar-refractivity contribution in [2.24, 2.45) is 5.92 Å². The maximum absolute atomic E-state index is 12.7. The Labute approximate surface area is 166 Å². The van der Waals surface area contributed by atoms with E-state index >= 15 is 0 Å². The summed E-state index contributed by atoms with van der Waals surface area (Å²) in [6.07, 6.45) is 1.57. The maximum Gasteiger partial charge on any atom is 0.321 e. The van der Waals surface area contributed by atoms with Gasteiger partial charge in [0.1, 0.15) is 0 Å². The van der Waals surface area contributed by atoms with Crippen molar-refractivity contribution in [3.63, 3.8) is 0 Å². The van der Waals surface area contributed by atoms with Crippen LogP contribution in [0.1, 0.15) is 13.8 Å². The summed E-state index contributed by atoms with van der Waals surface area (Å²) in [6, 6.07) is 4.32. The molecule has 0 fully saturated rings. The number of hydrogen-bond acceptors (Lipinski definition) is 5. The van der Waals surface area contributed by atoms with Crippen molar-refractivity contribution in [3.05, 3.63) is 46.2 Å². The molecular formula is C18H21ClN4O3S. The predicted octanol–water partition coefficient (Wildman–Crippen LogP) is 2.81. The lowest BCUT2D eigenvalue weighted by molar-refractivity contribution is -0.117. The number of rotatable bonds is 7.